The maximum absolute atomic E-state index is 8.58. The van der Waals surface area contributed by atoms with Crippen molar-refractivity contribution in [3.05, 3.63) is 59.7 Å². The van der Waals surface area contributed by atoms with Crippen molar-refractivity contribution in [1.82, 2.24) is 0 Å². The van der Waals surface area contributed by atoms with Crippen molar-refractivity contribution < 1.29 is 4.74 Å². The van der Waals surface area contributed by atoms with Crippen LogP contribution < -0.4 is 4.74 Å². The summed E-state index contributed by atoms with van der Waals surface area (Å²) in [5.41, 5.74) is 2.56. The van der Waals surface area contributed by atoms with Crippen molar-refractivity contribution in [2.75, 3.05) is 5.75 Å². The van der Waals surface area contributed by atoms with Crippen LogP contribution in [0.4, 0.5) is 0 Å². The number of para-hydroxylation sites is 1. The van der Waals surface area contributed by atoms with E-state index in [4.69, 9.17) is 10.00 Å². The van der Waals surface area contributed by atoms with E-state index in [1.807, 2.05) is 36.4 Å². The van der Waals surface area contributed by atoms with Crippen molar-refractivity contribution in [2.45, 2.75) is 26.2 Å². The maximum Gasteiger partial charge on any atom is 0.133 e. The lowest BCUT2D eigenvalue weighted by atomic mass is 9.94. The number of rotatable bonds is 6. The highest BCUT2D eigenvalue weighted by molar-refractivity contribution is 8.03. The molecule has 2 nitrogen and oxygen atoms in total. The Labute approximate surface area is 130 Å². The van der Waals surface area contributed by atoms with Gasteiger partial charge in [-0.3, -0.25) is 0 Å². The predicted octanol–water partition coefficient (Wildman–Crippen LogP) is 5.50. The van der Waals surface area contributed by atoms with E-state index in [9.17, 15) is 0 Å². The summed E-state index contributed by atoms with van der Waals surface area (Å²) in [5, 5.41) is 10.7. The summed E-state index contributed by atoms with van der Waals surface area (Å²) in [4.78, 5) is 0. The van der Waals surface area contributed by atoms with Crippen LogP contribution in [0.15, 0.2) is 48.5 Å². The molecule has 0 saturated carbocycles. The van der Waals surface area contributed by atoms with E-state index >= 15 is 0 Å². The van der Waals surface area contributed by atoms with E-state index in [1.165, 1.54) is 22.9 Å². The molecule has 0 bridgehead atoms. The average molecular weight is 297 g/mol. The van der Waals surface area contributed by atoms with Gasteiger partial charge in [-0.05, 0) is 66.4 Å². The van der Waals surface area contributed by atoms with Crippen LogP contribution in [-0.4, -0.2) is 5.75 Å². The smallest absolute Gasteiger partial charge is 0.133 e. The zero-order valence-corrected chi connectivity index (χ0v) is 13.2. The van der Waals surface area contributed by atoms with Gasteiger partial charge >= 0.3 is 0 Å². The molecule has 0 heterocycles. The van der Waals surface area contributed by atoms with Gasteiger partial charge in [-0.15, -0.1) is 0 Å². The number of thiocyanates is 1. The van der Waals surface area contributed by atoms with Gasteiger partial charge in [-0.25, -0.2) is 0 Å². The Bertz CT molecular complexity index is 619. The molecule has 0 aromatic heterocycles. The Morgan fingerprint density at radius 2 is 1.90 bits per heavy atom. The first-order valence-corrected chi connectivity index (χ1v) is 8.03. The number of nitriles is 1. The Morgan fingerprint density at radius 1 is 1.14 bits per heavy atom. The highest BCUT2D eigenvalue weighted by Crippen LogP contribution is 2.29. The Hall–Kier alpha value is -1.92. The van der Waals surface area contributed by atoms with E-state index < -0.39 is 0 Å². The van der Waals surface area contributed by atoms with Crippen molar-refractivity contribution >= 4 is 11.8 Å². The molecule has 0 N–H and O–H groups in total. The lowest BCUT2D eigenvalue weighted by Crippen LogP contribution is -1.98. The van der Waals surface area contributed by atoms with Gasteiger partial charge in [-0.1, -0.05) is 31.2 Å². The van der Waals surface area contributed by atoms with Gasteiger partial charge in [0.05, 0.1) is 0 Å². The number of aryl methyl sites for hydroxylation is 1. The molecule has 2 rings (SSSR count). The lowest BCUT2D eigenvalue weighted by Gasteiger charge is -2.15. The van der Waals surface area contributed by atoms with Gasteiger partial charge in [-0.2, -0.15) is 5.26 Å². The van der Waals surface area contributed by atoms with Crippen LogP contribution in [-0.2, 0) is 0 Å². The number of hydrogen-bond donors (Lipinski definition) is 0. The molecule has 0 aliphatic carbocycles. The minimum atomic E-state index is 0.455. The summed E-state index contributed by atoms with van der Waals surface area (Å²) in [5.74, 6) is 3.04. The zero-order chi connectivity index (χ0) is 15.1. The second kappa shape index (κ2) is 7.75. The molecule has 0 aliphatic rings. The normalized spacial score (nSPS) is 11.7. The third-order valence-corrected chi connectivity index (χ3v) is 4.04. The van der Waals surface area contributed by atoms with Crippen LogP contribution in [0, 0.1) is 17.6 Å². The molecule has 1 atom stereocenters. The summed E-state index contributed by atoms with van der Waals surface area (Å²) in [6, 6.07) is 16.0. The molecular weight excluding hydrogens is 278 g/mol. The highest BCUT2D eigenvalue weighted by Gasteiger charge is 2.09. The van der Waals surface area contributed by atoms with Crippen LogP contribution in [0.1, 0.15) is 30.4 Å². The average Bonchev–Trinajstić information content (AvgIpc) is 2.48. The molecule has 108 valence electrons. The topological polar surface area (TPSA) is 33.0 Å². The molecule has 2 aromatic carbocycles. The van der Waals surface area contributed by atoms with Crippen molar-refractivity contribution in [2.24, 2.45) is 0 Å². The first kappa shape index (κ1) is 15.5. The monoisotopic (exact) mass is 297 g/mol. The summed E-state index contributed by atoms with van der Waals surface area (Å²) in [7, 11) is 0. The molecule has 0 amide bonds. The lowest BCUT2D eigenvalue weighted by molar-refractivity contribution is 0.481. The third kappa shape index (κ3) is 4.54. The summed E-state index contributed by atoms with van der Waals surface area (Å²) in [6.07, 6.45) is 1.01. The number of thioether (sulfide) groups is 1. The van der Waals surface area contributed by atoms with E-state index in [2.05, 4.69) is 31.4 Å². The third-order valence-electron chi connectivity index (χ3n) is 3.47. The molecule has 3 heteroatoms. The fourth-order valence-corrected chi connectivity index (χ4v) is 2.89. The van der Waals surface area contributed by atoms with Gasteiger partial charge in [0.15, 0.2) is 0 Å². The van der Waals surface area contributed by atoms with Gasteiger partial charge in [0.25, 0.3) is 0 Å². The van der Waals surface area contributed by atoms with E-state index in [-0.39, 0.29) is 0 Å². The molecule has 0 aliphatic heterocycles. The summed E-state index contributed by atoms with van der Waals surface area (Å²) >= 11 is 1.32. The number of hydrogen-bond acceptors (Lipinski definition) is 3. The molecule has 0 radical (unpaired) electrons. The van der Waals surface area contributed by atoms with Crippen LogP contribution in [0.5, 0.6) is 11.5 Å². The fourth-order valence-electron chi connectivity index (χ4n) is 2.33. The summed E-state index contributed by atoms with van der Waals surface area (Å²) < 4.78 is 5.85. The van der Waals surface area contributed by atoms with Gasteiger partial charge in [0, 0.05) is 5.75 Å². The zero-order valence-electron chi connectivity index (χ0n) is 12.4. The molecule has 0 fully saturated rings. The van der Waals surface area contributed by atoms with Crippen molar-refractivity contribution in [3.8, 4) is 16.9 Å². The molecular formula is C18H19NOS. The number of ether oxygens (including phenoxy) is 1. The van der Waals surface area contributed by atoms with Crippen molar-refractivity contribution in [1.29, 1.82) is 5.26 Å². The quantitative estimate of drug-likeness (QED) is 0.521. The van der Waals surface area contributed by atoms with Crippen LogP contribution in [0.3, 0.4) is 0 Å². The SMILES string of the molecule is Cc1cc(Oc2ccccc2)ccc1C(C)CCSC#N. The predicted molar refractivity (Wildman–Crippen MR) is 88.8 cm³/mol. The van der Waals surface area contributed by atoms with Gasteiger partial charge in [0.1, 0.15) is 16.9 Å². The van der Waals surface area contributed by atoms with Gasteiger partial charge in [0.2, 0.25) is 0 Å². The van der Waals surface area contributed by atoms with E-state index in [1.54, 1.807) is 0 Å². The summed E-state index contributed by atoms with van der Waals surface area (Å²) in [6.45, 7) is 4.32. The standard InChI is InChI=1S/C18H19NOS/c1-14(10-11-21-13-19)18-9-8-17(12-15(18)2)20-16-6-4-3-5-7-16/h3-9,12,14H,10-11H2,1-2H3. The minimum absolute atomic E-state index is 0.455. The molecule has 2 aromatic rings. The molecule has 1 unspecified atom stereocenters. The van der Waals surface area contributed by atoms with E-state index in [0.29, 0.717) is 5.92 Å². The van der Waals surface area contributed by atoms with Crippen LogP contribution in [0.2, 0.25) is 0 Å². The Kier molecular flexibility index (Phi) is 5.71. The highest BCUT2D eigenvalue weighted by atomic mass is 32.2. The first-order chi connectivity index (χ1) is 10.2. The molecule has 0 spiro atoms. The van der Waals surface area contributed by atoms with E-state index in [0.717, 1.165) is 23.7 Å². The van der Waals surface area contributed by atoms with Crippen LogP contribution >= 0.6 is 11.8 Å². The van der Waals surface area contributed by atoms with Crippen LogP contribution in [0.25, 0.3) is 0 Å². The largest absolute Gasteiger partial charge is 0.457 e. The van der Waals surface area contributed by atoms with Crippen molar-refractivity contribution in [3.63, 3.8) is 0 Å². The first-order valence-electron chi connectivity index (χ1n) is 7.05. The van der Waals surface area contributed by atoms with Gasteiger partial charge < -0.3 is 4.74 Å². The second-order valence-electron chi connectivity index (χ2n) is 5.06. The molecule has 0 saturated heterocycles. The maximum atomic E-state index is 8.58. The number of nitrogens with zero attached hydrogens (tertiary/aromatic N) is 1. The second-order valence-corrected chi connectivity index (χ2v) is 5.94. The fraction of sp³-hybridized carbons (Fsp3) is 0.278. The Balaban J connectivity index is 2.05. The minimum Gasteiger partial charge on any atom is -0.457 e. The Morgan fingerprint density at radius 3 is 2.57 bits per heavy atom. The molecule has 21 heavy (non-hydrogen) atoms. The number of benzene rings is 2.